The second-order valence-electron chi connectivity index (χ2n) is 6.67. The number of rotatable bonds is 8. The van der Waals surface area contributed by atoms with Gasteiger partial charge in [-0.15, -0.1) is 0 Å². The first-order chi connectivity index (χ1) is 14.1. The fourth-order valence-electron chi connectivity index (χ4n) is 3.12. The zero-order valence-corrected chi connectivity index (χ0v) is 16.7. The van der Waals surface area contributed by atoms with E-state index in [4.69, 9.17) is 4.74 Å². The van der Waals surface area contributed by atoms with E-state index in [0.717, 1.165) is 22.2 Å². The molecule has 6 heteroatoms. The summed E-state index contributed by atoms with van der Waals surface area (Å²) in [7, 11) is 0. The molecule has 2 aromatic carbocycles. The number of nitrogens with zero attached hydrogens (tertiary/aromatic N) is 1. The number of aromatic nitrogens is 1. The average Bonchev–Trinajstić information content (AvgIpc) is 2.74. The Balaban J connectivity index is 1.51. The maximum atomic E-state index is 12.4. The molecule has 0 saturated carbocycles. The highest BCUT2D eigenvalue weighted by atomic mass is 16.5. The number of hydrogen-bond donors (Lipinski definition) is 2. The van der Waals surface area contributed by atoms with Crippen LogP contribution in [0.4, 0.5) is 5.69 Å². The molecule has 0 unspecified atom stereocenters. The van der Waals surface area contributed by atoms with Crippen LogP contribution in [0.15, 0.2) is 54.7 Å². The topological polar surface area (TPSA) is 80.3 Å². The molecule has 0 atom stereocenters. The molecule has 6 nitrogen and oxygen atoms in total. The number of anilines is 1. The Bertz CT molecular complexity index is 1020. The number of hydrogen-bond acceptors (Lipinski definition) is 4. The van der Waals surface area contributed by atoms with E-state index in [1.165, 1.54) is 0 Å². The summed E-state index contributed by atoms with van der Waals surface area (Å²) >= 11 is 0. The largest absolute Gasteiger partial charge is 0.493 e. The van der Waals surface area contributed by atoms with Gasteiger partial charge in [0, 0.05) is 24.5 Å². The summed E-state index contributed by atoms with van der Waals surface area (Å²) < 4.78 is 5.48. The Kier molecular flexibility index (Phi) is 6.79. The molecule has 0 bridgehead atoms. The molecule has 2 amide bonds. The molecule has 1 heterocycles. The number of para-hydroxylation sites is 1. The summed E-state index contributed by atoms with van der Waals surface area (Å²) in [5.74, 6) is 0.262. The minimum absolute atomic E-state index is 0.0945. The summed E-state index contributed by atoms with van der Waals surface area (Å²) in [6.07, 6.45) is 2.59. The number of amides is 2. The molecule has 0 saturated heterocycles. The summed E-state index contributed by atoms with van der Waals surface area (Å²) in [5.41, 5.74) is 3.19. The van der Waals surface area contributed by atoms with Crippen molar-refractivity contribution in [3.63, 3.8) is 0 Å². The van der Waals surface area contributed by atoms with Gasteiger partial charge in [0.2, 0.25) is 5.91 Å². The van der Waals surface area contributed by atoms with Crippen LogP contribution in [0.25, 0.3) is 10.9 Å². The molecule has 0 spiro atoms. The van der Waals surface area contributed by atoms with Crippen LogP contribution in [0.5, 0.6) is 5.75 Å². The minimum Gasteiger partial charge on any atom is -0.493 e. The first kappa shape index (κ1) is 20.3. The average molecular weight is 391 g/mol. The van der Waals surface area contributed by atoms with Gasteiger partial charge in [-0.2, -0.15) is 0 Å². The molecular weight excluding hydrogens is 366 g/mol. The monoisotopic (exact) mass is 391 g/mol. The van der Waals surface area contributed by atoms with Gasteiger partial charge in [0.25, 0.3) is 5.91 Å². The molecule has 2 N–H and O–H groups in total. The number of ether oxygens (including phenoxy) is 1. The highest BCUT2D eigenvalue weighted by Crippen LogP contribution is 2.24. The molecule has 150 valence electrons. The van der Waals surface area contributed by atoms with Crippen molar-refractivity contribution in [1.29, 1.82) is 0 Å². The lowest BCUT2D eigenvalue weighted by Crippen LogP contribution is -2.26. The third-order valence-corrected chi connectivity index (χ3v) is 4.54. The molecule has 0 aliphatic rings. The number of fused-ring (bicyclic) bond motifs is 1. The van der Waals surface area contributed by atoms with Gasteiger partial charge in [-0.05, 0) is 56.2 Å². The Morgan fingerprint density at radius 1 is 1.07 bits per heavy atom. The summed E-state index contributed by atoms with van der Waals surface area (Å²) in [5, 5.41) is 6.71. The zero-order valence-electron chi connectivity index (χ0n) is 16.7. The quantitative estimate of drug-likeness (QED) is 0.567. The van der Waals surface area contributed by atoms with Crippen LogP contribution < -0.4 is 15.4 Å². The molecule has 1 aromatic heterocycles. The van der Waals surface area contributed by atoms with Crippen LogP contribution in [0.3, 0.4) is 0 Å². The van der Waals surface area contributed by atoms with Crippen molar-refractivity contribution in [2.24, 2.45) is 0 Å². The SMILES string of the molecule is CCOc1ccccc1C(=O)NCCCC(=O)Nc1ccc(C)c2ncccc12. The van der Waals surface area contributed by atoms with E-state index in [0.29, 0.717) is 37.3 Å². The smallest absolute Gasteiger partial charge is 0.255 e. The predicted octanol–water partition coefficient (Wildman–Crippen LogP) is 4.09. The fraction of sp³-hybridized carbons (Fsp3) is 0.261. The van der Waals surface area contributed by atoms with Crippen LogP contribution >= 0.6 is 0 Å². The molecule has 0 fully saturated rings. The lowest BCUT2D eigenvalue weighted by atomic mass is 10.1. The predicted molar refractivity (Wildman–Crippen MR) is 114 cm³/mol. The maximum absolute atomic E-state index is 12.4. The van der Waals surface area contributed by atoms with E-state index in [2.05, 4.69) is 15.6 Å². The number of carbonyl (C=O) groups excluding carboxylic acids is 2. The van der Waals surface area contributed by atoms with Gasteiger partial charge in [-0.25, -0.2) is 0 Å². The van der Waals surface area contributed by atoms with E-state index < -0.39 is 0 Å². The Morgan fingerprint density at radius 2 is 1.90 bits per heavy atom. The third kappa shape index (κ3) is 5.10. The van der Waals surface area contributed by atoms with Gasteiger partial charge < -0.3 is 15.4 Å². The van der Waals surface area contributed by atoms with Crippen molar-refractivity contribution < 1.29 is 14.3 Å². The van der Waals surface area contributed by atoms with Gasteiger partial charge in [0.05, 0.1) is 23.4 Å². The number of nitrogens with one attached hydrogen (secondary N) is 2. The van der Waals surface area contributed by atoms with Crippen molar-refractivity contribution in [2.45, 2.75) is 26.7 Å². The molecule has 0 aliphatic carbocycles. The van der Waals surface area contributed by atoms with Crippen molar-refractivity contribution in [3.8, 4) is 5.75 Å². The van der Waals surface area contributed by atoms with Gasteiger partial charge in [0.1, 0.15) is 5.75 Å². The number of pyridine rings is 1. The molecular formula is C23H25N3O3. The fourth-order valence-corrected chi connectivity index (χ4v) is 3.12. The van der Waals surface area contributed by atoms with Crippen molar-refractivity contribution in [3.05, 3.63) is 65.9 Å². The van der Waals surface area contributed by atoms with Gasteiger partial charge in [-0.3, -0.25) is 14.6 Å². The maximum Gasteiger partial charge on any atom is 0.255 e. The minimum atomic E-state index is -0.204. The van der Waals surface area contributed by atoms with Crippen molar-refractivity contribution in [2.75, 3.05) is 18.5 Å². The standard InChI is InChI=1S/C23H25N3O3/c1-3-29-20-10-5-4-8-18(20)23(28)25-15-7-11-21(27)26-19-13-12-16(2)22-17(19)9-6-14-24-22/h4-6,8-10,12-14H,3,7,11,15H2,1-2H3,(H,25,28)(H,26,27). The van der Waals surface area contributed by atoms with Crippen LogP contribution in [-0.2, 0) is 4.79 Å². The van der Waals surface area contributed by atoms with Crippen LogP contribution in [0.2, 0.25) is 0 Å². The van der Waals surface area contributed by atoms with Crippen molar-refractivity contribution in [1.82, 2.24) is 10.3 Å². The van der Waals surface area contributed by atoms with Gasteiger partial charge in [0.15, 0.2) is 0 Å². The first-order valence-corrected chi connectivity index (χ1v) is 9.74. The first-order valence-electron chi connectivity index (χ1n) is 9.74. The summed E-state index contributed by atoms with van der Waals surface area (Å²) in [6.45, 7) is 4.77. The van der Waals surface area contributed by atoms with Gasteiger partial charge in [-0.1, -0.05) is 18.2 Å². The lowest BCUT2D eigenvalue weighted by Gasteiger charge is -2.11. The zero-order chi connectivity index (χ0) is 20.6. The van der Waals surface area contributed by atoms with Gasteiger partial charge >= 0.3 is 0 Å². The van der Waals surface area contributed by atoms with E-state index in [9.17, 15) is 9.59 Å². The molecule has 3 aromatic rings. The number of carbonyl (C=O) groups is 2. The third-order valence-electron chi connectivity index (χ3n) is 4.54. The number of benzene rings is 2. The summed E-state index contributed by atoms with van der Waals surface area (Å²) in [6, 6.07) is 14.8. The molecule has 0 aliphatic heterocycles. The van der Waals surface area contributed by atoms with E-state index >= 15 is 0 Å². The highest BCUT2D eigenvalue weighted by Gasteiger charge is 2.12. The summed E-state index contributed by atoms with van der Waals surface area (Å²) in [4.78, 5) is 29.1. The van der Waals surface area contributed by atoms with Crippen LogP contribution in [0, 0.1) is 6.92 Å². The van der Waals surface area contributed by atoms with Crippen LogP contribution in [-0.4, -0.2) is 29.9 Å². The lowest BCUT2D eigenvalue weighted by molar-refractivity contribution is -0.116. The van der Waals surface area contributed by atoms with E-state index in [1.54, 1.807) is 24.4 Å². The normalized spacial score (nSPS) is 10.6. The Hall–Kier alpha value is -3.41. The van der Waals surface area contributed by atoms with E-state index in [-0.39, 0.29) is 11.8 Å². The second-order valence-corrected chi connectivity index (χ2v) is 6.67. The number of aryl methyl sites for hydroxylation is 1. The second kappa shape index (κ2) is 9.68. The van der Waals surface area contributed by atoms with Crippen LogP contribution in [0.1, 0.15) is 35.7 Å². The Morgan fingerprint density at radius 3 is 2.72 bits per heavy atom. The molecule has 3 rings (SSSR count). The highest BCUT2D eigenvalue weighted by molar-refractivity contribution is 6.02. The molecule has 29 heavy (non-hydrogen) atoms. The Labute approximate surface area is 170 Å². The van der Waals surface area contributed by atoms with E-state index in [1.807, 2.05) is 44.2 Å². The van der Waals surface area contributed by atoms with Crippen molar-refractivity contribution >= 4 is 28.4 Å². The molecule has 0 radical (unpaired) electrons.